The zero-order valence-corrected chi connectivity index (χ0v) is 17.2. The van der Waals surface area contributed by atoms with Crippen molar-refractivity contribution < 1.29 is 22.8 Å². The molecule has 0 spiro atoms. The molecule has 0 unspecified atom stereocenters. The first kappa shape index (κ1) is 22.6. The first-order valence-electron chi connectivity index (χ1n) is 9.92. The summed E-state index contributed by atoms with van der Waals surface area (Å²) >= 11 is 6.02. The molecular formula is C19H25ClF3N5O2. The minimum Gasteiger partial charge on any atom is -0.369 e. The number of carbonyl (C=O) groups is 2. The van der Waals surface area contributed by atoms with E-state index in [4.69, 9.17) is 17.3 Å². The highest BCUT2D eigenvalue weighted by Crippen LogP contribution is 2.34. The number of halogens is 4. The predicted octanol–water partition coefficient (Wildman–Crippen LogP) is 2.04. The van der Waals surface area contributed by atoms with Gasteiger partial charge < -0.3 is 16.0 Å². The van der Waals surface area contributed by atoms with Crippen LogP contribution >= 0.6 is 11.6 Å². The van der Waals surface area contributed by atoms with Crippen LogP contribution in [0.3, 0.4) is 0 Å². The zero-order valence-electron chi connectivity index (χ0n) is 16.4. The van der Waals surface area contributed by atoms with Crippen LogP contribution in [0, 0.1) is 5.92 Å². The summed E-state index contributed by atoms with van der Waals surface area (Å²) in [5.74, 6) is -0.204. The van der Waals surface area contributed by atoms with Crippen LogP contribution in [-0.4, -0.2) is 60.5 Å². The summed E-state index contributed by atoms with van der Waals surface area (Å²) in [7, 11) is 0. The molecule has 2 aliphatic rings. The Balaban J connectivity index is 1.47. The van der Waals surface area contributed by atoms with E-state index < -0.39 is 11.7 Å². The molecule has 1 aromatic heterocycles. The second-order valence-corrected chi connectivity index (χ2v) is 8.22. The Morgan fingerprint density at radius 3 is 2.33 bits per heavy atom. The molecule has 166 valence electrons. The number of hydrogen-bond donors (Lipinski definition) is 2. The fourth-order valence-electron chi connectivity index (χ4n) is 3.95. The van der Waals surface area contributed by atoms with Crippen LogP contribution in [0.15, 0.2) is 12.3 Å². The average molecular weight is 448 g/mol. The third-order valence-corrected chi connectivity index (χ3v) is 5.91. The number of nitrogens with two attached hydrogens (primary N) is 1. The van der Waals surface area contributed by atoms with Crippen LogP contribution in [-0.2, 0) is 15.8 Å². The molecule has 3 rings (SSSR count). The summed E-state index contributed by atoms with van der Waals surface area (Å²) in [4.78, 5) is 31.3. The summed E-state index contributed by atoms with van der Waals surface area (Å²) in [5, 5.41) is 3.04. The molecule has 30 heavy (non-hydrogen) atoms. The Morgan fingerprint density at radius 2 is 1.80 bits per heavy atom. The summed E-state index contributed by atoms with van der Waals surface area (Å²) < 4.78 is 38.3. The fourth-order valence-corrected chi connectivity index (χ4v) is 4.23. The molecule has 0 aromatic carbocycles. The van der Waals surface area contributed by atoms with Crippen LogP contribution in [0.4, 0.5) is 19.0 Å². The summed E-state index contributed by atoms with van der Waals surface area (Å²) in [6, 6.07) is 0.957. The summed E-state index contributed by atoms with van der Waals surface area (Å²) in [6.45, 7) is 2.65. The van der Waals surface area contributed by atoms with Crippen molar-refractivity contribution >= 4 is 29.2 Å². The Morgan fingerprint density at radius 1 is 1.17 bits per heavy atom. The van der Waals surface area contributed by atoms with E-state index in [1.807, 2.05) is 9.80 Å². The van der Waals surface area contributed by atoms with Crippen molar-refractivity contribution in [3.8, 4) is 0 Å². The van der Waals surface area contributed by atoms with Gasteiger partial charge in [0.1, 0.15) is 5.82 Å². The molecule has 0 atom stereocenters. The second kappa shape index (κ2) is 9.38. The van der Waals surface area contributed by atoms with Crippen LogP contribution < -0.4 is 16.0 Å². The van der Waals surface area contributed by atoms with Crippen LogP contribution in [0.25, 0.3) is 0 Å². The number of hydrogen-bond acceptors (Lipinski definition) is 5. The van der Waals surface area contributed by atoms with Gasteiger partial charge >= 0.3 is 6.18 Å². The van der Waals surface area contributed by atoms with Gasteiger partial charge in [0.25, 0.3) is 0 Å². The lowest BCUT2D eigenvalue weighted by Crippen LogP contribution is -2.49. The smallest absolute Gasteiger partial charge is 0.369 e. The van der Waals surface area contributed by atoms with E-state index in [-0.39, 0.29) is 35.3 Å². The maximum Gasteiger partial charge on any atom is 0.417 e. The molecule has 2 aliphatic heterocycles. The van der Waals surface area contributed by atoms with E-state index in [0.717, 1.165) is 25.1 Å². The molecule has 1 aromatic rings. The number of piperidine rings is 2. The van der Waals surface area contributed by atoms with E-state index >= 15 is 0 Å². The number of rotatable bonds is 5. The van der Waals surface area contributed by atoms with E-state index in [0.29, 0.717) is 44.8 Å². The van der Waals surface area contributed by atoms with Crippen LogP contribution in [0.2, 0.25) is 5.02 Å². The highest BCUT2D eigenvalue weighted by molar-refractivity contribution is 6.33. The SMILES string of the molecule is NC(=O)CN1CCC(NC(=O)C2CCN(c3ncc(C(F)(F)F)cc3Cl)CC2)CC1. The maximum atomic E-state index is 12.8. The normalized spacial score (nSPS) is 19.7. The van der Waals surface area contributed by atoms with Gasteiger partial charge in [0.2, 0.25) is 11.8 Å². The van der Waals surface area contributed by atoms with Crippen molar-refractivity contribution in [2.45, 2.75) is 37.9 Å². The predicted molar refractivity (Wildman–Crippen MR) is 106 cm³/mol. The minimum atomic E-state index is -4.49. The van der Waals surface area contributed by atoms with Gasteiger partial charge in [-0.25, -0.2) is 4.98 Å². The monoisotopic (exact) mass is 447 g/mol. The fraction of sp³-hybridized carbons (Fsp3) is 0.632. The van der Waals surface area contributed by atoms with Gasteiger partial charge in [-0.3, -0.25) is 14.5 Å². The number of amides is 2. The van der Waals surface area contributed by atoms with Gasteiger partial charge in [-0.15, -0.1) is 0 Å². The highest BCUT2D eigenvalue weighted by atomic mass is 35.5. The van der Waals surface area contributed by atoms with Gasteiger partial charge in [-0.1, -0.05) is 11.6 Å². The molecular weight excluding hydrogens is 423 g/mol. The van der Waals surface area contributed by atoms with Crippen LogP contribution in [0.1, 0.15) is 31.2 Å². The molecule has 2 saturated heterocycles. The van der Waals surface area contributed by atoms with Crippen molar-refractivity contribution in [3.63, 3.8) is 0 Å². The second-order valence-electron chi connectivity index (χ2n) is 7.81. The van der Waals surface area contributed by atoms with E-state index in [1.54, 1.807) is 0 Å². The van der Waals surface area contributed by atoms with Crippen LogP contribution in [0.5, 0.6) is 0 Å². The first-order chi connectivity index (χ1) is 14.1. The standard InChI is InChI=1S/C19H25ClF3N5O2/c20-15-9-13(19(21,22)23)10-25-17(15)28-7-1-12(2-8-28)18(30)26-14-3-5-27(6-4-14)11-16(24)29/h9-10,12,14H,1-8,11H2,(H2,24,29)(H,26,30). The van der Waals surface area contributed by atoms with Gasteiger partial charge in [0, 0.05) is 44.3 Å². The minimum absolute atomic E-state index is 0.00511. The lowest BCUT2D eigenvalue weighted by Gasteiger charge is -2.35. The van der Waals surface area contributed by atoms with Crippen molar-refractivity contribution in [1.82, 2.24) is 15.2 Å². The van der Waals surface area contributed by atoms with Gasteiger partial charge in [0.15, 0.2) is 0 Å². The molecule has 11 heteroatoms. The molecule has 0 aliphatic carbocycles. The Bertz CT molecular complexity index is 776. The van der Waals surface area contributed by atoms with E-state index in [2.05, 4.69) is 10.3 Å². The molecule has 7 nitrogen and oxygen atoms in total. The molecule has 3 N–H and O–H groups in total. The maximum absolute atomic E-state index is 12.8. The lowest BCUT2D eigenvalue weighted by molar-refractivity contribution is -0.137. The Kier molecular flexibility index (Phi) is 7.07. The number of aromatic nitrogens is 1. The molecule has 0 bridgehead atoms. The van der Waals surface area contributed by atoms with Gasteiger partial charge in [0.05, 0.1) is 17.1 Å². The van der Waals surface area contributed by atoms with Crippen molar-refractivity contribution in [3.05, 3.63) is 22.8 Å². The van der Waals surface area contributed by atoms with E-state index in [1.165, 1.54) is 0 Å². The molecule has 0 saturated carbocycles. The molecule has 3 heterocycles. The van der Waals surface area contributed by atoms with Crippen molar-refractivity contribution in [2.75, 3.05) is 37.6 Å². The number of nitrogens with zero attached hydrogens (tertiary/aromatic N) is 3. The lowest BCUT2D eigenvalue weighted by atomic mass is 9.94. The molecule has 0 radical (unpaired) electrons. The van der Waals surface area contributed by atoms with Crippen molar-refractivity contribution in [2.24, 2.45) is 11.7 Å². The number of likely N-dealkylation sites (tertiary alicyclic amines) is 1. The number of pyridine rings is 1. The summed E-state index contributed by atoms with van der Waals surface area (Å²) in [6.07, 6.45) is -1.02. The topological polar surface area (TPSA) is 91.6 Å². The average Bonchev–Trinajstić information content (AvgIpc) is 2.68. The quantitative estimate of drug-likeness (QED) is 0.720. The number of anilines is 1. The van der Waals surface area contributed by atoms with Gasteiger partial charge in [-0.05, 0) is 31.7 Å². The first-order valence-corrected chi connectivity index (χ1v) is 10.3. The number of primary amides is 1. The highest BCUT2D eigenvalue weighted by Gasteiger charge is 2.33. The summed E-state index contributed by atoms with van der Waals surface area (Å²) in [5.41, 5.74) is 4.33. The third kappa shape index (κ3) is 5.75. The van der Waals surface area contributed by atoms with E-state index in [9.17, 15) is 22.8 Å². The number of carbonyl (C=O) groups excluding carboxylic acids is 2. The number of alkyl halides is 3. The van der Waals surface area contributed by atoms with Gasteiger partial charge in [-0.2, -0.15) is 13.2 Å². The Labute approximate surface area is 177 Å². The number of nitrogens with one attached hydrogen (secondary N) is 1. The largest absolute Gasteiger partial charge is 0.417 e. The zero-order chi connectivity index (χ0) is 21.9. The Hall–Kier alpha value is -2.07. The third-order valence-electron chi connectivity index (χ3n) is 5.63. The van der Waals surface area contributed by atoms with Crippen molar-refractivity contribution in [1.29, 1.82) is 0 Å². The molecule has 2 amide bonds. The molecule has 2 fully saturated rings.